The van der Waals surface area contributed by atoms with Gasteiger partial charge in [0.1, 0.15) is 6.61 Å². The molecule has 0 saturated heterocycles. The number of nitrogens with zero attached hydrogens (tertiary/aromatic N) is 3. The zero-order valence-electron chi connectivity index (χ0n) is 22.2. The van der Waals surface area contributed by atoms with Crippen molar-refractivity contribution in [2.24, 2.45) is 0 Å². The Morgan fingerprint density at radius 1 is 1.24 bits per heavy atom. The smallest absolute Gasteiger partial charge is 0.345 e. The van der Waals surface area contributed by atoms with Crippen LogP contribution in [0.1, 0.15) is 49.4 Å². The van der Waals surface area contributed by atoms with E-state index in [0.717, 1.165) is 22.0 Å². The van der Waals surface area contributed by atoms with Gasteiger partial charge in [-0.25, -0.2) is 23.7 Å². The number of nitrogens with one attached hydrogen (secondary N) is 1. The van der Waals surface area contributed by atoms with E-state index in [1.165, 1.54) is 10.6 Å². The van der Waals surface area contributed by atoms with Gasteiger partial charge < -0.3 is 9.30 Å². The van der Waals surface area contributed by atoms with Gasteiger partial charge in [0, 0.05) is 36.1 Å². The van der Waals surface area contributed by atoms with Crippen LogP contribution in [0.25, 0.3) is 22.3 Å². The Kier molecular flexibility index (Phi) is 6.67. The zero-order valence-corrected chi connectivity index (χ0v) is 23.0. The van der Waals surface area contributed by atoms with Gasteiger partial charge in [-0.2, -0.15) is 4.31 Å². The van der Waals surface area contributed by atoms with Gasteiger partial charge in [0.25, 0.3) is 5.56 Å². The summed E-state index contributed by atoms with van der Waals surface area (Å²) >= 11 is 0. The second-order valence-electron chi connectivity index (χ2n) is 10.0. The number of hydrogen-bond donors (Lipinski definition) is 1. The molecule has 0 saturated carbocycles. The van der Waals surface area contributed by atoms with E-state index in [9.17, 15) is 18.0 Å². The van der Waals surface area contributed by atoms with Gasteiger partial charge in [0.2, 0.25) is 15.6 Å². The van der Waals surface area contributed by atoms with Gasteiger partial charge in [-0.15, -0.1) is 0 Å². The number of aromatic nitrogens is 2. The normalized spacial score (nSPS) is 18.6. The van der Waals surface area contributed by atoms with Gasteiger partial charge in [-0.1, -0.05) is 25.1 Å². The first-order valence-electron chi connectivity index (χ1n) is 12.7. The first-order chi connectivity index (χ1) is 18.0. The Bertz CT molecular complexity index is 1610. The average molecular weight is 541 g/mol. The van der Waals surface area contributed by atoms with Crippen molar-refractivity contribution in [2.75, 3.05) is 19.8 Å². The lowest BCUT2D eigenvalue weighted by Gasteiger charge is -2.35. The van der Waals surface area contributed by atoms with Crippen molar-refractivity contribution < 1.29 is 22.8 Å². The lowest BCUT2D eigenvalue weighted by Crippen LogP contribution is -2.48. The average Bonchev–Trinajstić information content (AvgIpc) is 3.23. The minimum atomic E-state index is -3.40. The van der Waals surface area contributed by atoms with Crippen LogP contribution in [0.2, 0.25) is 0 Å². The molecule has 1 aromatic carbocycles. The highest BCUT2D eigenvalue weighted by Crippen LogP contribution is 2.41. The number of cyclic esters (lactones) is 1. The monoisotopic (exact) mass is 540 g/mol. The molecule has 4 heterocycles. The van der Waals surface area contributed by atoms with E-state index in [-0.39, 0.29) is 24.6 Å². The molecule has 2 aromatic heterocycles. The van der Waals surface area contributed by atoms with Gasteiger partial charge >= 0.3 is 5.97 Å². The first-order valence-corrected chi connectivity index (χ1v) is 14.5. The van der Waals surface area contributed by atoms with Crippen molar-refractivity contribution in [3.63, 3.8) is 0 Å². The lowest BCUT2D eigenvalue weighted by molar-refractivity contribution is -0.191. The molecule has 2 aliphatic rings. The van der Waals surface area contributed by atoms with Crippen LogP contribution in [0, 0.1) is 0 Å². The minimum Gasteiger partial charge on any atom is -0.458 e. The molecule has 0 radical (unpaired) electrons. The van der Waals surface area contributed by atoms with Gasteiger partial charge in [0.05, 0.1) is 35.3 Å². The molecule has 202 valence electrons. The molecule has 5 rings (SSSR count). The number of sulfonamides is 1. The number of carbonyl (C=O) groups excluding carboxylic acids is 1. The molecule has 0 aliphatic carbocycles. The number of rotatable bonds is 8. The topological polar surface area (TPSA) is 120 Å². The molecule has 2 aliphatic heterocycles. The summed E-state index contributed by atoms with van der Waals surface area (Å²) < 4.78 is 33.4. The second kappa shape index (κ2) is 9.57. The van der Waals surface area contributed by atoms with E-state index in [1.54, 1.807) is 18.5 Å². The number of fused-ring (bicyclic) bond motifs is 5. The maximum Gasteiger partial charge on any atom is 0.345 e. The minimum absolute atomic E-state index is 0.127. The summed E-state index contributed by atoms with van der Waals surface area (Å²) in [5, 5.41) is 0.925. The number of carbonyl (C=O) groups is 1. The van der Waals surface area contributed by atoms with Crippen molar-refractivity contribution in [2.45, 2.75) is 58.4 Å². The summed E-state index contributed by atoms with van der Waals surface area (Å²) in [7, 11) is -1.84. The molecule has 0 spiro atoms. The molecule has 3 aromatic rings. The highest BCUT2D eigenvalue weighted by molar-refractivity contribution is 7.88. The summed E-state index contributed by atoms with van der Waals surface area (Å²) in [6.45, 7) is 5.98. The van der Waals surface area contributed by atoms with Crippen LogP contribution in [-0.2, 0) is 49.6 Å². The predicted molar refractivity (Wildman–Crippen MR) is 143 cm³/mol. The molecular formula is C27H32N4O6S. The SMILES string of the molecule is CC[C@@]1(ONC)C(=O)OCc2c1cc1n(c2=O)Cc2c-1nc1ccccc1c2CCN(C(C)C)S(C)(=O)=O. The molecule has 10 nitrogen and oxygen atoms in total. The number of benzene rings is 1. The molecule has 0 fully saturated rings. The summed E-state index contributed by atoms with van der Waals surface area (Å²) in [4.78, 5) is 37.3. The Labute approximate surface area is 221 Å². The zero-order chi connectivity index (χ0) is 27.4. The third-order valence-electron chi connectivity index (χ3n) is 7.54. The molecule has 0 unspecified atom stereocenters. The first kappa shape index (κ1) is 26.5. The van der Waals surface area contributed by atoms with Crippen LogP contribution < -0.4 is 11.0 Å². The summed E-state index contributed by atoms with van der Waals surface area (Å²) in [6.07, 6.45) is 1.95. The second-order valence-corrected chi connectivity index (χ2v) is 12.0. The molecule has 38 heavy (non-hydrogen) atoms. The van der Waals surface area contributed by atoms with Crippen molar-refractivity contribution in [1.29, 1.82) is 0 Å². The van der Waals surface area contributed by atoms with Crippen molar-refractivity contribution in [3.8, 4) is 11.4 Å². The molecule has 0 amide bonds. The maximum absolute atomic E-state index is 13.8. The number of hydrogen-bond acceptors (Lipinski definition) is 8. The van der Waals surface area contributed by atoms with Crippen LogP contribution in [0.3, 0.4) is 0 Å². The fourth-order valence-electron chi connectivity index (χ4n) is 5.76. The lowest BCUT2D eigenvalue weighted by atomic mass is 9.85. The van der Waals surface area contributed by atoms with Crippen LogP contribution in [0.4, 0.5) is 0 Å². The summed E-state index contributed by atoms with van der Waals surface area (Å²) in [5.74, 6) is -0.550. The Hall–Kier alpha value is -3.12. The molecule has 1 N–H and O–H groups in total. The van der Waals surface area contributed by atoms with Crippen LogP contribution >= 0.6 is 0 Å². The van der Waals surface area contributed by atoms with E-state index in [4.69, 9.17) is 14.6 Å². The van der Waals surface area contributed by atoms with Crippen molar-refractivity contribution in [1.82, 2.24) is 19.3 Å². The van der Waals surface area contributed by atoms with E-state index >= 15 is 0 Å². The fourth-order valence-corrected chi connectivity index (χ4v) is 6.95. The van der Waals surface area contributed by atoms with E-state index in [1.807, 2.05) is 44.2 Å². The molecule has 1 atom stereocenters. The largest absolute Gasteiger partial charge is 0.458 e. The van der Waals surface area contributed by atoms with Crippen LogP contribution in [0.15, 0.2) is 35.1 Å². The Balaban J connectivity index is 1.71. The van der Waals surface area contributed by atoms with E-state index in [2.05, 4.69) is 5.48 Å². The number of para-hydroxylation sites is 1. The summed E-state index contributed by atoms with van der Waals surface area (Å²) in [5.41, 5.74) is 5.62. The van der Waals surface area contributed by atoms with Gasteiger partial charge in [0.15, 0.2) is 0 Å². The molecule has 0 bridgehead atoms. The van der Waals surface area contributed by atoms with Crippen molar-refractivity contribution >= 4 is 26.9 Å². The number of pyridine rings is 2. The highest BCUT2D eigenvalue weighted by Gasteiger charge is 2.48. The summed E-state index contributed by atoms with van der Waals surface area (Å²) in [6, 6.07) is 9.35. The van der Waals surface area contributed by atoms with Gasteiger partial charge in [-0.3, -0.25) is 9.63 Å². The van der Waals surface area contributed by atoms with Crippen molar-refractivity contribution in [3.05, 3.63) is 62.9 Å². The predicted octanol–water partition coefficient (Wildman–Crippen LogP) is 2.45. The third-order valence-corrected chi connectivity index (χ3v) is 9.00. The quantitative estimate of drug-likeness (QED) is 0.267. The number of hydroxylamine groups is 1. The Morgan fingerprint density at radius 3 is 2.63 bits per heavy atom. The van der Waals surface area contributed by atoms with Gasteiger partial charge in [-0.05, 0) is 44.4 Å². The Morgan fingerprint density at radius 2 is 1.97 bits per heavy atom. The molecule has 11 heteroatoms. The number of ether oxygens (including phenoxy) is 1. The highest BCUT2D eigenvalue weighted by atomic mass is 32.2. The standard InChI is InChI=1S/C27H32N4O6S/c1-6-27(37-28-4)21-13-23-24-19(14-30(23)25(32)20(21)15-36-26(27)33)17(18-9-7-8-10-22(18)29-24)11-12-31(16(2)3)38(5,34)35/h7-10,13,16,28H,6,11-12,14-15H2,1-5H3/t27-/m0/s1. The molecular weight excluding hydrogens is 508 g/mol. The maximum atomic E-state index is 13.8. The van der Waals surface area contributed by atoms with E-state index < -0.39 is 21.6 Å². The van der Waals surface area contributed by atoms with E-state index in [0.29, 0.717) is 42.0 Å². The van der Waals surface area contributed by atoms with Crippen LogP contribution in [0.5, 0.6) is 0 Å². The fraction of sp³-hybridized carbons (Fsp3) is 0.444. The number of esters is 1. The van der Waals surface area contributed by atoms with Crippen LogP contribution in [-0.4, -0.2) is 54.1 Å². The third kappa shape index (κ3) is 4.05.